The van der Waals surface area contributed by atoms with Gasteiger partial charge in [-0.25, -0.2) is 9.97 Å². The Kier molecular flexibility index (Phi) is 8.78. The summed E-state index contributed by atoms with van der Waals surface area (Å²) in [4.78, 5) is 36.2. The van der Waals surface area contributed by atoms with Crippen molar-refractivity contribution >= 4 is 46.6 Å². The average Bonchev–Trinajstić information content (AvgIpc) is 3.41. The molecule has 0 aromatic carbocycles. The minimum Gasteiger partial charge on any atom is -0.463 e. The van der Waals surface area contributed by atoms with E-state index in [1.54, 1.807) is 19.1 Å². The number of thiazole rings is 1. The van der Waals surface area contributed by atoms with Gasteiger partial charge in [0, 0.05) is 24.4 Å². The van der Waals surface area contributed by atoms with Crippen LogP contribution < -0.4 is 10.6 Å². The molecule has 0 saturated carbocycles. The van der Waals surface area contributed by atoms with E-state index in [1.165, 1.54) is 6.20 Å². The van der Waals surface area contributed by atoms with Gasteiger partial charge in [-0.15, -0.1) is 11.3 Å². The number of amidine groups is 1. The predicted octanol–water partition coefficient (Wildman–Crippen LogP) is 4.38. The molecule has 11 heteroatoms. The van der Waals surface area contributed by atoms with Crippen molar-refractivity contribution in [2.24, 2.45) is 0 Å². The molecule has 0 spiro atoms. The molecule has 0 radical (unpaired) electrons. The van der Waals surface area contributed by atoms with Crippen LogP contribution in [-0.2, 0) is 4.74 Å². The molecule has 9 nitrogen and oxygen atoms in total. The maximum atomic E-state index is 13.0. The Hall–Kier alpha value is -3.24. The molecule has 2 amide bonds. The second-order valence-corrected chi connectivity index (χ2v) is 9.18. The van der Waals surface area contributed by atoms with Crippen molar-refractivity contribution in [3.8, 4) is 0 Å². The van der Waals surface area contributed by atoms with Crippen LogP contribution in [0.2, 0.25) is 5.02 Å². The van der Waals surface area contributed by atoms with Gasteiger partial charge in [0.25, 0.3) is 17.8 Å². The van der Waals surface area contributed by atoms with Crippen LogP contribution in [0.1, 0.15) is 51.9 Å². The number of aromatic nitrogens is 2. The summed E-state index contributed by atoms with van der Waals surface area (Å²) >= 11 is 6.99. The lowest BCUT2D eigenvalue weighted by Gasteiger charge is -2.20. The molecule has 3 heterocycles. The Morgan fingerprint density at radius 1 is 1.38 bits per heavy atom. The quantitative estimate of drug-likeness (QED) is 0.438. The van der Waals surface area contributed by atoms with Gasteiger partial charge >= 0.3 is 0 Å². The number of aryl methyl sites for hydroxylation is 1. The molecule has 180 valence electrons. The van der Waals surface area contributed by atoms with Crippen LogP contribution in [0.3, 0.4) is 0 Å². The van der Waals surface area contributed by atoms with E-state index in [-0.39, 0.29) is 22.6 Å². The van der Waals surface area contributed by atoms with Crippen LogP contribution in [0.25, 0.3) is 0 Å². The predicted molar refractivity (Wildman–Crippen MR) is 133 cm³/mol. The average molecular weight is 503 g/mol. The fraction of sp³-hybridized carbons (Fsp3) is 0.348. The van der Waals surface area contributed by atoms with E-state index in [9.17, 15) is 9.59 Å². The molecule has 34 heavy (non-hydrogen) atoms. The lowest BCUT2D eigenvalue weighted by atomic mass is 10.2. The number of pyridine rings is 1. The highest BCUT2D eigenvalue weighted by Crippen LogP contribution is 2.20. The lowest BCUT2D eigenvalue weighted by Crippen LogP contribution is -2.32. The number of ether oxygens (including phenoxy) is 1. The van der Waals surface area contributed by atoms with E-state index in [2.05, 4.69) is 20.6 Å². The van der Waals surface area contributed by atoms with Crippen molar-refractivity contribution in [2.45, 2.75) is 39.7 Å². The minimum absolute atomic E-state index is 0.00880. The molecule has 0 aliphatic carbocycles. The summed E-state index contributed by atoms with van der Waals surface area (Å²) in [5, 5.41) is 14.4. The summed E-state index contributed by atoms with van der Waals surface area (Å²) < 4.78 is 5.19. The van der Waals surface area contributed by atoms with Crippen LogP contribution in [0.5, 0.6) is 0 Å². The molecule has 3 N–H and O–H groups in total. The fourth-order valence-electron chi connectivity index (χ4n) is 3.30. The summed E-state index contributed by atoms with van der Waals surface area (Å²) in [5.41, 5.74) is 0.768. The number of amides is 2. The number of halogens is 1. The second kappa shape index (κ2) is 11.8. The maximum Gasteiger partial charge on any atom is 0.285 e. The third kappa shape index (κ3) is 6.64. The molecular formula is C23H27ClN6O3S. The number of allylic oxidation sites excluding steroid dienone is 2. The van der Waals surface area contributed by atoms with Gasteiger partial charge < -0.3 is 20.3 Å². The zero-order valence-electron chi connectivity index (χ0n) is 19.2. The van der Waals surface area contributed by atoms with Crippen LogP contribution >= 0.6 is 22.9 Å². The number of carbonyl (C=O) groups is 2. The van der Waals surface area contributed by atoms with Crippen molar-refractivity contribution < 1.29 is 14.3 Å². The van der Waals surface area contributed by atoms with Gasteiger partial charge in [0.15, 0.2) is 5.69 Å². The first-order valence-corrected chi connectivity index (χ1v) is 12.0. The third-order valence-electron chi connectivity index (χ3n) is 4.92. The Morgan fingerprint density at radius 2 is 2.18 bits per heavy atom. The van der Waals surface area contributed by atoms with Crippen molar-refractivity contribution in [1.29, 1.82) is 5.41 Å². The van der Waals surface area contributed by atoms with Crippen molar-refractivity contribution in [3.63, 3.8) is 0 Å². The molecule has 1 fully saturated rings. The lowest BCUT2D eigenvalue weighted by molar-refractivity contribution is 0.0952. The third-order valence-corrected chi connectivity index (χ3v) is 6.12. The Labute approximate surface area is 207 Å². The Morgan fingerprint density at radius 3 is 2.82 bits per heavy atom. The minimum atomic E-state index is -0.519. The van der Waals surface area contributed by atoms with E-state index in [1.807, 2.05) is 37.0 Å². The van der Waals surface area contributed by atoms with Gasteiger partial charge in [-0.3, -0.25) is 15.0 Å². The molecule has 1 aliphatic heterocycles. The highest BCUT2D eigenvalue weighted by Gasteiger charge is 2.24. The SMILES string of the molecule is CC/C=C(\C/C=C\C(C)N1CCOC1=N)NC(=O)c1sc(C)nc1C(=O)Nc1ccc(Cl)cn1. The summed E-state index contributed by atoms with van der Waals surface area (Å²) in [6.45, 7) is 6.91. The van der Waals surface area contributed by atoms with E-state index >= 15 is 0 Å². The van der Waals surface area contributed by atoms with E-state index < -0.39 is 11.8 Å². The van der Waals surface area contributed by atoms with Gasteiger partial charge in [0.1, 0.15) is 17.3 Å². The monoisotopic (exact) mass is 502 g/mol. The van der Waals surface area contributed by atoms with Crippen LogP contribution in [0, 0.1) is 12.3 Å². The molecule has 3 rings (SSSR count). The summed E-state index contributed by atoms with van der Waals surface area (Å²) in [7, 11) is 0. The number of carbonyl (C=O) groups excluding carboxylic acids is 2. The standard InChI is InChI=1S/C23H27ClN6O3S/c1-4-6-17(8-5-7-14(2)30-11-12-33-23(30)25)28-22(32)20-19(27-15(3)34-20)21(31)29-18-10-9-16(24)13-26-18/h5-7,9-10,13-14,25H,4,8,11-12H2,1-3H3,(H,28,32)(H,26,29,31)/b7-5-,17-6+,25-23?. The molecule has 1 aliphatic rings. The van der Waals surface area contributed by atoms with Crippen LogP contribution in [-0.4, -0.2) is 51.9 Å². The molecule has 2 aromatic heterocycles. The molecule has 0 bridgehead atoms. The Balaban J connectivity index is 1.67. The first kappa shape index (κ1) is 25.4. The Bertz CT molecular complexity index is 1110. The number of rotatable bonds is 9. The molecular weight excluding hydrogens is 476 g/mol. The van der Waals surface area contributed by atoms with E-state index in [0.29, 0.717) is 35.4 Å². The summed E-state index contributed by atoms with van der Waals surface area (Å²) in [5.74, 6) is -0.598. The number of nitrogens with zero attached hydrogens (tertiary/aromatic N) is 3. The number of hydrogen-bond acceptors (Lipinski definition) is 7. The van der Waals surface area contributed by atoms with E-state index in [4.69, 9.17) is 21.7 Å². The topological polar surface area (TPSA) is 120 Å². The van der Waals surface area contributed by atoms with E-state index in [0.717, 1.165) is 23.5 Å². The fourth-order valence-corrected chi connectivity index (χ4v) is 4.23. The second-order valence-electron chi connectivity index (χ2n) is 7.54. The zero-order chi connectivity index (χ0) is 24.7. The van der Waals surface area contributed by atoms with Gasteiger partial charge in [0.05, 0.1) is 16.6 Å². The molecule has 2 aromatic rings. The van der Waals surface area contributed by atoms with Crippen molar-refractivity contribution in [2.75, 3.05) is 18.5 Å². The van der Waals surface area contributed by atoms with Gasteiger partial charge in [-0.2, -0.15) is 0 Å². The van der Waals surface area contributed by atoms with Gasteiger partial charge in [0.2, 0.25) is 0 Å². The van der Waals surface area contributed by atoms with Crippen LogP contribution in [0.15, 0.2) is 42.3 Å². The smallest absolute Gasteiger partial charge is 0.285 e. The van der Waals surface area contributed by atoms with Crippen LogP contribution in [0.4, 0.5) is 5.82 Å². The maximum absolute atomic E-state index is 13.0. The first-order valence-electron chi connectivity index (χ1n) is 10.8. The number of hydrogen-bond donors (Lipinski definition) is 3. The molecule has 1 saturated heterocycles. The van der Waals surface area contributed by atoms with Gasteiger partial charge in [-0.1, -0.05) is 36.8 Å². The largest absolute Gasteiger partial charge is 0.463 e. The normalized spacial score (nSPS) is 14.9. The highest BCUT2D eigenvalue weighted by molar-refractivity contribution is 7.14. The summed E-state index contributed by atoms with van der Waals surface area (Å²) in [6.07, 6.45) is 8.52. The van der Waals surface area contributed by atoms with Gasteiger partial charge in [-0.05, 0) is 32.4 Å². The van der Waals surface area contributed by atoms with Crippen molar-refractivity contribution in [1.82, 2.24) is 20.2 Å². The molecule has 1 unspecified atom stereocenters. The summed E-state index contributed by atoms with van der Waals surface area (Å²) in [6, 6.07) is 3.37. The first-order chi connectivity index (χ1) is 16.3. The van der Waals surface area contributed by atoms with Crippen molar-refractivity contribution in [3.05, 3.63) is 62.9 Å². The zero-order valence-corrected chi connectivity index (χ0v) is 20.8. The highest BCUT2D eigenvalue weighted by atomic mass is 35.5. The number of nitrogens with one attached hydrogen (secondary N) is 3. The number of anilines is 1. The molecule has 1 atom stereocenters.